The second-order valence-electron chi connectivity index (χ2n) is 10.3. The Morgan fingerprint density at radius 2 is 1.54 bits per heavy atom. The highest BCUT2D eigenvalue weighted by Crippen LogP contribution is 2.26. The van der Waals surface area contributed by atoms with Crippen molar-refractivity contribution in [2.45, 2.75) is 62.4 Å². The molecule has 1 N–H and O–H groups in total. The Kier molecular flexibility index (Phi) is 10.4. The molecule has 9 heteroatoms. The third kappa shape index (κ3) is 7.67. The van der Waals surface area contributed by atoms with Gasteiger partial charge in [-0.05, 0) is 67.6 Å². The SMILES string of the molecule is CCC(C(=O)NC1CCCC1)N(CCc1ccccc1)C(=O)CN(c1ccccc1)S(=O)(=O)c1ccc(OC)cc1. The molecule has 8 nitrogen and oxygen atoms in total. The highest BCUT2D eigenvalue weighted by Gasteiger charge is 2.34. The number of hydrogen-bond acceptors (Lipinski definition) is 5. The zero-order valence-corrected chi connectivity index (χ0v) is 24.6. The van der Waals surface area contributed by atoms with E-state index in [1.165, 1.54) is 19.2 Å². The summed E-state index contributed by atoms with van der Waals surface area (Å²) in [6, 6.07) is 23.8. The molecule has 1 unspecified atom stereocenters. The van der Waals surface area contributed by atoms with E-state index in [1.54, 1.807) is 47.4 Å². The van der Waals surface area contributed by atoms with Crippen molar-refractivity contribution >= 4 is 27.5 Å². The highest BCUT2D eigenvalue weighted by molar-refractivity contribution is 7.92. The Balaban J connectivity index is 1.65. The van der Waals surface area contributed by atoms with Gasteiger partial charge in [-0.25, -0.2) is 8.42 Å². The van der Waals surface area contributed by atoms with Gasteiger partial charge in [0.25, 0.3) is 10.0 Å². The molecule has 0 aliphatic heterocycles. The number of nitrogens with zero attached hydrogens (tertiary/aromatic N) is 2. The molecular weight excluding hydrogens is 538 g/mol. The Morgan fingerprint density at radius 3 is 2.12 bits per heavy atom. The average Bonchev–Trinajstić information content (AvgIpc) is 3.51. The molecule has 1 aliphatic rings. The van der Waals surface area contributed by atoms with Crippen molar-refractivity contribution in [3.8, 4) is 5.75 Å². The predicted octanol–water partition coefficient (Wildman–Crippen LogP) is 4.80. The number of sulfonamides is 1. The second kappa shape index (κ2) is 14.2. The topological polar surface area (TPSA) is 96.0 Å². The number of benzene rings is 3. The number of carbonyl (C=O) groups excluding carboxylic acids is 2. The van der Waals surface area contributed by atoms with Gasteiger partial charge in [0.2, 0.25) is 11.8 Å². The van der Waals surface area contributed by atoms with Crippen LogP contribution in [0.2, 0.25) is 0 Å². The van der Waals surface area contributed by atoms with Crippen molar-refractivity contribution in [2.24, 2.45) is 0 Å². The van der Waals surface area contributed by atoms with E-state index in [0.717, 1.165) is 35.6 Å². The third-order valence-corrected chi connectivity index (χ3v) is 9.33. The molecule has 0 bridgehead atoms. The molecule has 3 aromatic carbocycles. The first-order chi connectivity index (χ1) is 19.8. The van der Waals surface area contributed by atoms with Gasteiger partial charge < -0.3 is 15.0 Å². The molecule has 0 saturated heterocycles. The molecule has 41 heavy (non-hydrogen) atoms. The van der Waals surface area contributed by atoms with Gasteiger partial charge in [0.1, 0.15) is 18.3 Å². The van der Waals surface area contributed by atoms with E-state index in [1.807, 2.05) is 37.3 Å². The Morgan fingerprint density at radius 1 is 0.927 bits per heavy atom. The maximum absolute atomic E-state index is 14.1. The van der Waals surface area contributed by atoms with Crippen molar-refractivity contribution < 1.29 is 22.7 Å². The van der Waals surface area contributed by atoms with Gasteiger partial charge in [-0.1, -0.05) is 68.3 Å². The summed E-state index contributed by atoms with van der Waals surface area (Å²) >= 11 is 0. The van der Waals surface area contributed by atoms with Gasteiger partial charge in [0.15, 0.2) is 0 Å². The van der Waals surface area contributed by atoms with Gasteiger partial charge in [-0.3, -0.25) is 13.9 Å². The summed E-state index contributed by atoms with van der Waals surface area (Å²) in [6.45, 7) is 1.72. The van der Waals surface area contributed by atoms with Crippen LogP contribution in [0, 0.1) is 0 Å². The lowest BCUT2D eigenvalue weighted by atomic mass is 10.1. The summed E-state index contributed by atoms with van der Waals surface area (Å²) in [7, 11) is -2.61. The van der Waals surface area contributed by atoms with Gasteiger partial charge in [-0.2, -0.15) is 0 Å². The Bertz CT molecular complexity index is 1380. The van der Waals surface area contributed by atoms with Crippen LogP contribution in [0.15, 0.2) is 89.8 Å². The van der Waals surface area contributed by atoms with Crippen LogP contribution >= 0.6 is 0 Å². The monoisotopic (exact) mass is 577 g/mol. The van der Waals surface area contributed by atoms with Crippen LogP contribution in [-0.4, -0.2) is 57.4 Å². The van der Waals surface area contributed by atoms with E-state index >= 15 is 0 Å². The van der Waals surface area contributed by atoms with Crippen LogP contribution in [0.4, 0.5) is 5.69 Å². The van der Waals surface area contributed by atoms with Crippen LogP contribution in [0.25, 0.3) is 0 Å². The molecule has 1 fully saturated rings. The molecule has 1 saturated carbocycles. The number of ether oxygens (including phenoxy) is 1. The summed E-state index contributed by atoms with van der Waals surface area (Å²) < 4.78 is 34.1. The molecule has 0 spiro atoms. The minimum Gasteiger partial charge on any atom is -0.497 e. The molecule has 0 radical (unpaired) electrons. The Labute approximate surface area is 243 Å². The van der Waals surface area contributed by atoms with Gasteiger partial charge in [-0.15, -0.1) is 0 Å². The fraction of sp³-hybridized carbons (Fsp3) is 0.375. The fourth-order valence-corrected chi connectivity index (χ4v) is 6.68. The molecule has 218 valence electrons. The zero-order valence-electron chi connectivity index (χ0n) is 23.7. The standard InChI is InChI=1S/C32H39N3O5S/c1-3-30(32(37)33-26-14-10-11-15-26)34(23-22-25-12-6-4-7-13-25)31(36)24-35(27-16-8-5-9-17-27)41(38,39)29-20-18-28(40-2)19-21-29/h4-9,12-13,16-21,26,30H,3,10-11,14-15,22-24H2,1-2H3,(H,33,37). The number of methoxy groups -OCH3 is 1. The van der Waals surface area contributed by atoms with Crippen LogP contribution in [0.3, 0.4) is 0 Å². The number of rotatable bonds is 13. The van der Waals surface area contributed by atoms with E-state index in [-0.39, 0.29) is 23.4 Å². The van der Waals surface area contributed by atoms with Crippen LogP contribution in [0.1, 0.15) is 44.6 Å². The summed E-state index contributed by atoms with van der Waals surface area (Å²) in [4.78, 5) is 29.2. The minimum absolute atomic E-state index is 0.0387. The van der Waals surface area contributed by atoms with Crippen LogP contribution in [0.5, 0.6) is 5.75 Å². The molecule has 4 rings (SSSR count). The van der Waals surface area contributed by atoms with Crippen molar-refractivity contribution in [3.63, 3.8) is 0 Å². The molecule has 0 heterocycles. The molecule has 1 atom stereocenters. The highest BCUT2D eigenvalue weighted by atomic mass is 32.2. The van der Waals surface area contributed by atoms with Gasteiger partial charge in [0, 0.05) is 12.6 Å². The number of amides is 2. The summed E-state index contributed by atoms with van der Waals surface area (Å²) in [6.07, 6.45) is 4.97. The molecule has 3 aromatic rings. The number of carbonyl (C=O) groups is 2. The quantitative estimate of drug-likeness (QED) is 0.315. The van der Waals surface area contributed by atoms with E-state index in [4.69, 9.17) is 4.74 Å². The van der Waals surface area contributed by atoms with Gasteiger partial charge >= 0.3 is 0 Å². The van der Waals surface area contributed by atoms with E-state index in [0.29, 0.717) is 24.3 Å². The smallest absolute Gasteiger partial charge is 0.264 e. The largest absolute Gasteiger partial charge is 0.497 e. The molecule has 2 amide bonds. The zero-order chi connectivity index (χ0) is 29.2. The normalized spacial score (nSPS) is 14.3. The van der Waals surface area contributed by atoms with E-state index in [9.17, 15) is 18.0 Å². The van der Waals surface area contributed by atoms with Gasteiger partial charge in [0.05, 0.1) is 17.7 Å². The first-order valence-electron chi connectivity index (χ1n) is 14.2. The summed E-state index contributed by atoms with van der Waals surface area (Å²) in [5, 5.41) is 3.14. The minimum atomic E-state index is -4.12. The second-order valence-corrected chi connectivity index (χ2v) is 12.1. The Hall–Kier alpha value is -3.85. The van der Waals surface area contributed by atoms with E-state index < -0.39 is 28.5 Å². The number of hydrogen-bond donors (Lipinski definition) is 1. The first kappa shape index (κ1) is 30.1. The fourth-order valence-electron chi connectivity index (χ4n) is 5.26. The number of nitrogens with one attached hydrogen (secondary N) is 1. The van der Waals surface area contributed by atoms with Crippen molar-refractivity contribution in [1.82, 2.24) is 10.2 Å². The maximum Gasteiger partial charge on any atom is 0.264 e. The summed E-state index contributed by atoms with van der Waals surface area (Å²) in [5.74, 6) is -0.0992. The van der Waals surface area contributed by atoms with Crippen molar-refractivity contribution in [3.05, 3.63) is 90.5 Å². The number of para-hydroxylation sites is 1. The van der Waals surface area contributed by atoms with Crippen LogP contribution in [-0.2, 0) is 26.0 Å². The maximum atomic E-state index is 14.1. The summed E-state index contributed by atoms with van der Waals surface area (Å²) in [5.41, 5.74) is 1.39. The van der Waals surface area contributed by atoms with Crippen LogP contribution < -0.4 is 14.4 Å². The number of anilines is 1. The third-order valence-electron chi connectivity index (χ3n) is 7.54. The van der Waals surface area contributed by atoms with Crippen molar-refractivity contribution in [1.29, 1.82) is 0 Å². The molecule has 1 aliphatic carbocycles. The lowest BCUT2D eigenvalue weighted by molar-refractivity contribution is -0.139. The first-order valence-corrected chi connectivity index (χ1v) is 15.6. The molecule has 0 aromatic heterocycles. The average molecular weight is 578 g/mol. The lowest BCUT2D eigenvalue weighted by Gasteiger charge is -2.33. The lowest BCUT2D eigenvalue weighted by Crippen LogP contribution is -2.54. The predicted molar refractivity (Wildman–Crippen MR) is 160 cm³/mol. The van der Waals surface area contributed by atoms with E-state index in [2.05, 4.69) is 5.32 Å². The van der Waals surface area contributed by atoms with Crippen molar-refractivity contribution in [2.75, 3.05) is 24.5 Å². The molecular formula is C32H39N3O5S.